The Morgan fingerprint density at radius 2 is 1.87 bits per heavy atom. The number of rotatable bonds is 8. The number of carbonyl (C=O) groups excluding carboxylic acids is 2. The lowest BCUT2D eigenvalue weighted by Gasteiger charge is -2.14. The highest BCUT2D eigenvalue weighted by atomic mass is 32.2. The fraction of sp³-hybridized carbons (Fsp3) is 0.227. The molecule has 7 nitrogen and oxygen atoms in total. The quantitative estimate of drug-likeness (QED) is 0.351. The first kappa shape index (κ1) is 22.6. The van der Waals surface area contributed by atoms with Crippen molar-refractivity contribution in [2.24, 2.45) is 0 Å². The largest absolute Gasteiger partial charge is 0.508 e. The number of amides is 2. The first-order valence-corrected chi connectivity index (χ1v) is 10.7. The van der Waals surface area contributed by atoms with E-state index in [2.05, 4.69) is 5.32 Å². The first-order chi connectivity index (χ1) is 14.9. The van der Waals surface area contributed by atoms with Gasteiger partial charge in [0, 0.05) is 18.7 Å². The lowest BCUT2D eigenvalue weighted by atomic mass is 10.2. The number of nitrogens with one attached hydrogen (secondary N) is 1. The molecule has 0 atom stereocenters. The van der Waals surface area contributed by atoms with Crippen LogP contribution >= 0.6 is 24.0 Å². The molecule has 0 aromatic heterocycles. The number of aromatic hydroxyl groups is 1. The SMILES string of the molecule is COc1ccc(/C=C2\SC(=S)N(CCCC(=O)Nc3ccc(O)cc3)C2=O)cc1OC. The van der Waals surface area contributed by atoms with Gasteiger partial charge >= 0.3 is 0 Å². The predicted molar refractivity (Wildman–Crippen MR) is 125 cm³/mol. The minimum atomic E-state index is -0.177. The number of carbonyl (C=O) groups is 2. The predicted octanol–water partition coefficient (Wildman–Crippen LogP) is 4.03. The Hall–Kier alpha value is -3.04. The minimum absolute atomic E-state index is 0.133. The van der Waals surface area contributed by atoms with Crippen molar-refractivity contribution in [1.29, 1.82) is 0 Å². The van der Waals surface area contributed by atoms with E-state index in [1.807, 2.05) is 6.07 Å². The molecule has 0 spiro atoms. The van der Waals surface area contributed by atoms with E-state index in [1.54, 1.807) is 44.6 Å². The Balaban J connectivity index is 1.57. The number of thioether (sulfide) groups is 1. The molecule has 2 aromatic carbocycles. The van der Waals surface area contributed by atoms with Crippen molar-refractivity contribution >= 4 is 51.9 Å². The molecular weight excluding hydrogens is 436 g/mol. The number of phenolic OH excluding ortho intramolecular Hbond substituents is 1. The molecule has 1 aliphatic heterocycles. The summed E-state index contributed by atoms with van der Waals surface area (Å²) in [4.78, 5) is 26.9. The second-order valence-electron chi connectivity index (χ2n) is 6.65. The topological polar surface area (TPSA) is 88.1 Å². The number of phenols is 1. The molecule has 2 amide bonds. The molecule has 1 fully saturated rings. The molecule has 1 saturated heterocycles. The van der Waals surface area contributed by atoms with Crippen molar-refractivity contribution in [2.75, 3.05) is 26.1 Å². The van der Waals surface area contributed by atoms with Gasteiger partial charge in [0.05, 0.1) is 19.1 Å². The Bertz CT molecular complexity index is 1020. The maximum absolute atomic E-state index is 12.8. The molecular formula is C22H22N2O5S2. The van der Waals surface area contributed by atoms with Crippen LogP contribution in [0.25, 0.3) is 6.08 Å². The van der Waals surface area contributed by atoms with Gasteiger partial charge in [-0.3, -0.25) is 14.5 Å². The van der Waals surface area contributed by atoms with Gasteiger partial charge in [0.25, 0.3) is 5.91 Å². The zero-order valence-corrected chi connectivity index (χ0v) is 18.7. The summed E-state index contributed by atoms with van der Waals surface area (Å²) in [5.41, 5.74) is 1.40. The summed E-state index contributed by atoms with van der Waals surface area (Å²) in [7, 11) is 3.12. The van der Waals surface area contributed by atoms with E-state index in [0.717, 1.165) is 5.56 Å². The second-order valence-corrected chi connectivity index (χ2v) is 8.32. The number of hydrogen-bond donors (Lipinski definition) is 2. The summed E-state index contributed by atoms with van der Waals surface area (Å²) in [5, 5.41) is 12.0. The maximum Gasteiger partial charge on any atom is 0.266 e. The number of methoxy groups -OCH3 is 2. The number of hydrogen-bond acceptors (Lipinski definition) is 7. The van der Waals surface area contributed by atoms with Crippen LogP contribution in [0.15, 0.2) is 47.4 Å². The summed E-state index contributed by atoms with van der Waals surface area (Å²) in [6.07, 6.45) is 2.48. The molecule has 2 N–H and O–H groups in total. The van der Waals surface area contributed by atoms with Crippen LogP contribution in [0.3, 0.4) is 0 Å². The van der Waals surface area contributed by atoms with Gasteiger partial charge in [0.2, 0.25) is 5.91 Å². The zero-order valence-electron chi connectivity index (χ0n) is 17.1. The molecule has 1 heterocycles. The molecule has 2 aromatic rings. The normalized spacial score (nSPS) is 14.8. The smallest absolute Gasteiger partial charge is 0.266 e. The van der Waals surface area contributed by atoms with E-state index in [1.165, 1.54) is 28.8 Å². The number of nitrogens with zero attached hydrogens (tertiary/aromatic N) is 1. The van der Waals surface area contributed by atoms with Crippen molar-refractivity contribution in [1.82, 2.24) is 4.90 Å². The first-order valence-electron chi connectivity index (χ1n) is 9.47. The van der Waals surface area contributed by atoms with Crippen LogP contribution in [0.1, 0.15) is 18.4 Å². The van der Waals surface area contributed by atoms with Crippen molar-refractivity contribution in [3.05, 3.63) is 52.9 Å². The van der Waals surface area contributed by atoms with Crippen LogP contribution in [0.4, 0.5) is 5.69 Å². The van der Waals surface area contributed by atoms with Gasteiger partial charge in [0.1, 0.15) is 10.1 Å². The monoisotopic (exact) mass is 458 g/mol. The fourth-order valence-electron chi connectivity index (χ4n) is 2.95. The Kier molecular flexibility index (Phi) is 7.54. The third kappa shape index (κ3) is 5.77. The molecule has 162 valence electrons. The summed E-state index contributed by atoms with van der Waals surface area (Å²) < 4.78 is 11.0. The van der Waals surface area contributed by atoms with Crippen molar-refractivity contribution in [3.8, 4) is 17.2 Å². The summed E-state index contributed by atoms with van der Waals surface area (Å²) >= 11 is 6.59. The van der Waals surface area contributed by atoms with Gasteiger partial charge in [-0.1, -0.05) is 30.0 Å². The second kappa shape index (κ2) is 10.3. The zero-order chi connectivity index (χ0) is 22.4. The Labute approximate surface area is 190 Å². The van der Waals surface area contributed by atoms with Crippen LogP contribution in [0.5, 0.6) is 17.2 Å². The number of anilines is 1. The van der Waals surface area contributed by atoms with E-state index in [4.69, 9.17) is 21.7 Å². The van der Waals surface area contributed by atoms with Crippen molar-refractivity contribution < 1.29 is 24.2 Å². The standard InChI is InChI=1S/C22H22N2O5S2/c1-28-17-10-5-14(12-18(17)29-2)13-19-21(27)24(22(30)31-19)11-3-4-20(26)23-15-6-8-16(25)9-7-15/h5-10,12-13,25H,3-4,11H2,1-2H3,(H,23,26)/b19-13-. The van der Waals surface area contributed by atoms with Gasteiger partial charge in [0.15, 0.2) is 11.5 Å². The molecule has 0 radical (unpaired) electrons. The van der Waals surface area contributed by atoms with E-state index in [9.17, 15) is 14.7 Å². The molecule has 0 bridgehead atoms. The van der Waals surface area contributed by atoms with Crippen LogP contribution in [0.2, 0.25) is 0 Å². The molecule has 3 rings (SSSR count). The third-order valence-electron chi connectivity index (χ3n) is 4.52. The summed E-state index contributed by atoms with van der Waals surface area (Å²) in [5.74, 6) is 0.971. The van der Waals surface area contributed by atoms with Gasteiger partial charge in [-0.05, 0) is 54.5 Å². The van der Waals surface area contributed by atoms with E-state index in [0.29, 0.717) is 39.4 Å². The van der Waals surface area contributed by atoms with Crippen molar-refractivity contribution in [3.63, 3.8) is 0 Å². The average molecular weight is 459 g/mol. The molecule has 31 heavy (non-hydrogen) atoms. The van der Waals surface area contributed by atoms with Gasteiger partial charge in [-0.15, -0.1) is 0 Å². The van der Waals surface area contributed by atoms with Gasteiger partial charge in [-0.2, -0.15) is 0 Å². The highest BCUT2D eigenvalue weighted by Crippen LogP contribution is 2.34. The lowest BCUT2D eigenvalue weighted by molar-refractivity contribution is -0.122. The van der Waals surface area contributed by atoms with Crippen LogP contribution < -0.4 is 14.8 Å². The van der Waals surface area contributed by atoms with E-state index < -0.39 is 0 Å². The van der Waals surface area contributed by atoms with Crippen LogP contribution in [-0.4, -0.2) is 46.9 Å². The number of ether oxygens (including phenoxy) is 2. The number of thiocarbonyl (C=S) groups is 1. The molecule has 0 unspecified atom stereocenters. The Morgan fingerprint density at radius 3 is 2.55 bits per heavy atom. The Morgan fingerprint density at radius 1 is 1.16 bits per heavy atom. The summed E-state index contributed by atoms with van der Waals surface area (Å²) in [6.45, 7) is 0.358. The number of benzene rings is 2. The molecule has 9 heteroatoms. The lowest BCUT2D eigenvalue weighted by Crippen LogP contribution is -2.29. The van der Waals surface area contributed by atoms with Gasteiger partial charge < -0.3 is 19.9 Å². The van der Waals surface area contributed by atoms with E-state index in [-0.39, 0.29) is 24.0 Å². The van der Waals surface area contributed by atoms with Crippen LogP contribution in [0, 0.1) is 0 Å². The fourth-order valence-corrected chi connectivity index (χ4v) is 4.26. The third-order valence-corrected chi connectivity index (χ3v) is 5.89. The van der Waals surface area contributed by atoms with E-state index >= 15 is 0 Å². The summed E-state index contributed by atoms with van der Waals surface area (Å²) in [6, 6.07) is 11.6. The minimum Gasteiger partial charge on any atom is -0.508 e. The highest BCUT2D eigenvalue weighted by Gasteiger charge is 2.31. The van der Waals surface area contributed by atoms with Gasteiger partial charge in [-0.25, -0.2) is 0 Å². The molecule has 0 aliphatic carbocycles. The highest BCUT2D eigenvalue weighted by molar-refractivity contribution is 8.26. The molecule has 1 aliphatic rings. The average Bonchev–Trinajstić information content (AvgIpc) is 3.02. The maximum atomic E-state index is 12.8. The van der Waals surface area contributed by atoms with Crippen LogP contribution in [-0.2, 0) is 9.59 Å². The molecule has 0 saturated carbocycles. The van der Waals surface area contributed by atoms with Crippen molar-refractivity contribution in [2.45, 2.75) is 12.8 Å².